The van der Waals surface area contributed by atoms with E-state index in [4.69, 9.17) is 0 Å². The highest BCUT2D eigenvalue weighted by Crippen LogP contribution is 2.23. The van der Waals surface area contributed by atoms with E-state index in [-0.39, 0.29) is 0 Å². The van der Waals surface area contributed by atoms with Crippen molar-refractivity contribution in [3.05, 3.63) is 0 Å². The van der Waals surface area contributed by atoms with Gasteiger partial charge in [0.2, 0.25) is 0 Å². The van der Waals surface area contributed by atoms with Crippen molar-refractivity contribution in [3.8, 4) is 0 Å². The largest absolute Gasteiger partial charge is 0.303 e. The van der Waals surface area contributed by atoms with Gasteiger partial charge < -0.3 is 4.90 Å². The van der Waals surface area contributed by atoms with Crippen LogP contribution in [0, 0.1) is 5.92 Å². The van der Waals surface area contributed by atoms with Crippen LogP contribution in [-0.2, 0) is 0 Å². The summed E-state index contributed by atoms with van der Waals surface area (Å²) in [4.78, 5) is 2.59. The van der Waals surface area contributed by atoms with E-state index in [0.29, 0.717) is 0 Å². The predicted molar refractivity (Wildman–Crippen MR) is 71.8 cm³/mol. The smallest absolute Gasteiger partial charge is 0.00923 e. The molecule has 2 heteroatoms. The summed E-state index contributed by atoms with van der Waals surface area (Å²) in [5.41, 5.74) is 0. The minimum Gasteiger partial charge on any atom is -0.303 e. The van der Waals surface area contributed by atoms with Crippen molar-refractivity contribution in [1.29, 1.82) is 0 Å². The summed E-state index contributed by atoms with van der Waals surface area (Å²) in [6.45, 7) is 3.53. The maximum atomic E-state index is 4.46. The molecule has 1 saturated carbocycles. The van der Waals surface area contributed by atoms with E-state index in [9.17, 15) is 0 Å². The first-order valence-corrected chi connectivity index (χ1v) is 7.22. The predicted octanol–water partition coefficient (Wildman–Crippen LogP) is 3.60. The number of nitrogens with zero attached hydrogens (tertiary/aromatic N) is 1. The normalized spacial score (nSPS) is 20.8. The van der Waals surface area contributed by atoms with Gasteiger partial charge in [0.25, 0.3) is 0 Å². The van der Waals surface area contributed by atoms with E-state index in [1.165, 1.54) is 51.5 Å². The molecule has 0 N–H and O–H groups in total. The molecule has 0 aromatic heterocycles. The van der Waals surface area contributed by atoms with E-state index >= 15 is 0 Å². The molecule has 0 spiro atoms. The van der Waals surface area contributed by atoms with Crippen molar-refractivity contribution in [1.82, 2.24) is 4.90 Å². The number of rotatable bonds is 6. The molecule has 0 aromatic carbocycles. The Kier molecular flexibility index (Phi) is 6.74. The molecule has 0 bridgehead atoms. The van der Waals surface area contributed by atoms with Gasteiger partial charge in [0.1, 0.15) is 0 Å². The molecular formula is C13H27NS. The monoisotopic (exact) mass is 229 g/mol. The zero-order chi connectivity index (χ0) is 11.1. The van der Waals surface area contributed by atoms with Gasteiger partial charge in [0, 0.05) is 12.6 Å². The van der Waals surface area contributed by atoms with Crippen molar-refractivity contribution in [3.63, 3.8) is 0 Å². The Balaban J connectivity index is 2.28. The molecule has 15 heavy (non-hydrogen) atoms. The highest BCUT2D eigenvalue weighted by molar-refractivity contribution is 7.80. The Hall–Kier alpha value is 0.310. The second kappa shape index (κ2) is 7.56. The van der Waals surface area contributed by atoms with Gasteiger partial charge in [0.05, 0.1) is 0 Å². The Morgan fingerprint density at radius 1 is 1.27 bits per heavy atom. The first-order chi connectivity index (χ1) is 7.27. The van der Waals surface area contributed by atoms with Crippen LogP contribution in [0.5, 0.6) is 0 Å². The van der Waals surface area contributed by atoms with Crippen molar-refractivity contribution in [2.75, 3.05) is 19.3 Å². The lowest BCUT2D eigenvalue weighted by atomic mass is 9.93. The van der Waals surface area contributed by atoms with E-state index < -0.39 is 0 Å². The summed E-state index contributed by atoms with van der Waals surface area (Å²) >= 11 is 4.46. The molecule has 0 aromatic rings. The summed E-state index contributed by atoms with van der Waals surface area (Å²) < 4.78 is 0. The van der Waals surface area contributed by atoms with E-state index in [1.54, 1.807) is 0 Å². The minimum absolute atomic E-state index is 0.797. The molecule has 1 aliphatic rings. The van der Waals surface area contributed by atoms with Gasteiger partial charge in [-0.2, -0.15) is 12.6 Å². The number of thiol groups is 1. The second-order valence-electron chi connectivity index (χ2n) is 5.07. The molecule has 0 amide bonds. The quantitative estimate of drug-likeness (QED) is 0.681. The third-order valence-corrected chi connectivity index (χ3v) is 4.22. The molecular weight excluding hydrogens is 202 g/mol. The highest BCUT2D eigenvalue weighted by atomic mass is 32.1. The van der Waals surface area contributed by atoms with Crippen LogP contribution in [-0.4, -0.2) is 30.3 Å². The number of hydrogen-bond donors (Lipinski definition) is 1. The van der Waals surface area contributed by atoms with Crippen molar-refractivity contribution in [2.24, 2.45) is 5.92 Å². The Morgan fingerprint density at radius 2 is 1.93 bits per heavy atom. The molecule has 0 heterocycles. The van der Waals surface area contributed by atoms with Gasteiger partial charge in [-0.1, -0.05) is 32.6 Å². The Morgan fingerprint density at radius 3 is 2.47 bits per heavy atom. The van der Waals surface area contributed by atoms with E-state index in [1.807, 2.05) is 0 Å². The van der Waals surface area contributed by atoms with Crippen LogP contribution < -0.4 is 0 Å². The average Bonchev–Trinajstić information content (AvgIpc) is 2.29. The molecule has 0 saturated heterocycles. The van der Waals surface area contributed by atoms with Crippen LogP contribution in [0.2, 0.25) is 0 Å². The SMILES string of the molecule is CCCC(CS)CN(C)C1CCCCC1. The van der Waals surface area contributed by atoms with Gasteiger partial charge in [-0.05, 0) is 38.0 Å². The van der Waals surface area contributed by atoms with Gasteiger partial charge in [0.15, 0.2) is 0 Å². The summed E-state index contributed by atoms with van der Waals surface area (Å²) in [7, 11) is 2.31. The van der Waals surface area contributed by atoms with E-state index in [0.717, 1.165) is 17.7 Å². The summed E-state index contributed by atoms with van der Waals surface area (Å²) in [5.74, 6) is 1.84. The molecule has 0 radical (unpaired) electrons. The molecule has 90 valence electrons. The molecule has 1 rings (SSSR count). The first kappa shape index (κ1) is 13.4. The van der Waals surface area contributed by atoms with Crippen LogP contribution in [0.3, 0.4) is 0 Å². The maximum Gasteiger partial charge on any atom is 0.00923 e. The molecule has 1 unspecified atom stereocenters. The van der Waals surface area contributed by atoms with E-state index in [2.05, 4.69) is 31.5 Å². The fourth-order valence-corrected chi connectivity index (χ4v) is 3.02. The lowest BCUT2D eigenvalue weighted by molar-refractivity contribution is 0.168. The van der Waals surface area contributed by atoms with Gasteiger partial charge in [-0.3, -0.25) is 0 Å². The van der Waals surface area contributed by atoms with Crippen LogP contribution in [0.4, 0.5) is 0 Å². The first-order valence-electron chi connectivity index (χ1n) is 6.59. The second-order valence-corrected chi connectivity index (χ2v) is 5.43. The summed E-state index contributed by atoms with van der Waals surface area (Å²) in [6, 6.07) is 0.859. The molecule has 1 nitrogen and oxygen atoms in total. The van der Waals surface area contributed by atoms with Gasteiger partial charge >= 0.3 is 0 Å². The minimum atomic E-state index is 0.797. The maximum absolute atomic E-state index is 4.46. The number of hydrogen-bond acceptors (Lipinski definition) is 2. The third-order valence-electron chi connectivity index (χ3n) is 3.70. The zero-order valence-electron chi connectivity index (χ0n) is 10.4. The Labute approximate surface area is 101 Å². The van der Waals surface area contributed by atoms with Crippen LogP contribution in [0.15, 0.2) is 0 Å². The lowest BCUT2D eigenvalue weighted by Gasteiger charge is -2.33. The fraction of sp³-hybridized carbons (Fsp3) is 1.00. The standard InChI is InChI=1S/C13H27NS/c1-3-7-12(11-15)10-14(2)13-8-5-4-6-9-13/h12-13,15H,3-11H2,1-2H3. The van der Waals surface area contributed by atoms with Crippen LogP contribution in [0.1, 0.15) is 51.9 Å². The third kappa shape index (κ3) is 4.78. The molecule has 1 aliphatic carbocycles. The van der Waals surface area contributed by atoms with Gasteiger partial charge in [-0.25, -0.2) is 0 Å². The topological polar surface area (TPSA) is 3.24 Å². The molecule has 1 atom stereocenters. The highest BCUT2D eigenvalue weighted by Gasteiger charge is 2.19. The summed E-state index contributed by atoms with van der Waals surface area (Å²) in [5, 5.41) is 0. The molecule has 0 aliphatic heterocycles. The van der Waals surface area contributed by atoms with Crippen molar-refractivity contribution >= 4 is 12.6 Å². The van der Waals surface area contributed by atoms with Crippen LogP contribution in [0.25, 0.3) is 0 Å². The zero-order valence-corrected chi connectivity index (χ0v) is 11.3. The molecule has 1 fully saturated rings. The average molecular weight is 229 g/mol. The fourth-order valence-electron chi connectivity index (χ4n) is 2.73. The Bertz CT molecular complexity index is 155. The summed E-state index contributed by atoms with van der Waals surface area (Å²) in [6.07, 6.45) is 9.80. The van der Waals surface area contributed by atoms with Gasteiger partial charge in [-0.15, -0.1) is 0 Å². The van der Waals surface area contributed by atoms with Crippen molar-refractivity contribution < 1.29 is 0 Å². The lowest BCUT2D eigenvalue weighted by Crippen LogP contribution is -2.37. The van der Waals surface area contributed by atoms with Crippen LogP contribution >= 0.6 is 12.6 Å². The van der Waals surface area contributed by atoms with Crippen molar-refractivity contribution in [2.45, 2.75) is 57.9 Å².